The average molecular weight is 368 g/mol. The third kappa shape index (κ3) is 5.21. The quantitative estimate of drug-likeness (QED) is 0.782. The minimum Gasteiger partial charge on any atom is -0.394 e. The first-order valence-corrected chi connectivity index (χ1v) is 8.29. The monoisotopic (exact) mass is 367 g/mol. The van der Waals surface area contributed by atoms with Gasteiger partial charge in [0.05, 0.1) is 29.9 Å². The van der Waals surface area contributed by atoms with Gasteiger partial charge in [0.2, 0.25) is 0 Å². The fraction of sp³-hybridized carbons (Fsp3) is 0.278. The van der Waals surface area contributed by atoms with Crippen LogP contribution in [0.2, 0.25) is 10.0 Å². The molecule has 1 atom stereocenters. The van der Waals surface area contributed by atoms with E-state index in [1.165, 1.54) is 6.07 Å². The molecule has 0 aromatic heterocycles. The number of ether oxygens (including phenoxy) is 1. The van der Waals surface area contributed by atoms with Gasteiger partial charge >= 0.3 is 0 Å². The molecule has 0 aliphatic rings. The molecule has 6 heteroatoms. The summed E-state index contributed by atoms with van der Waals surface area (Å²) in [7, 11) is 0. The van der Waals surface area contributed by atoms with Gasteiger partial charge in [-0.05, 0) is 30.7 Å². The van der Waals surface area contributed by atoms with E-state index in [1.54, 1.807) is 12.1 Å². The molecule has 24 heavy (non-hydrogen) atoms. The van der Waals surface area contributed by atoms with Gasteiger partial charge in [-0.1, -0.05) is 53.0 Å². The molecule has 0 bridgehead atoms. The van der Waals surface area contributed by atoms with Crippen LogP contribution in [0.4, 0.5) is 0 Å². The Kier molecular flexibility index (Phi) is 7.06. The van der Waals surface area contributed by atoms with Crippen LogP contribution >= 0.6 is 23.2 Å². The summed E-state index contributed by atoms with van der Waals surface area (Å²) in [6, 6.07) is 12.6. The Labute approximate surface area is 151 Å². The molecule has 1 amide bonds. The van der Waals surface area contributed by atoms with Gasteiger partial charge in [-0.15, -0.1) is 0 Å². The summed E-state index contributed by atoms with van der Waals surface area (Å²) < 4.78 is 5.63. The fourth-order valence-corrected chi connectivity index (χ4v) is 2.58. The van der Waals surface area contributed by atoms with Crippen molar-refractivity contribution < 1.29 is 14.6 Å². The Morgan fingerprint density at radius 3 is 2.58 bits per heavy atom. The topological polar surface area (TPSA) is 58.6 Å². The van der Waals surface area contributed by atoms with E-state index in [4.69, 9.17) is 33.0 Å². The number of amides is 1. The first-order chi connectivity index (χ1) is 11.5. The molecule has 0 aliphatic carbocycles. The molecule has 2 aromatic carbocycles. The third-order valence-electron chi connectivity index (χ3n) is 3.48. The van der Waals surface area contributed by atoms with E-state index in [9.17, 15) is 4.79 Å². The SMILES string of the molecule is Cc1ccc(C(CNC(=O)c2cc(Cl)ccc2Cl)OCCO)cc1. The smallest absolute Gasteiger partial charge is 0.252 e. The van der Waals surface area contributed by atoms with E-state index in [0.29, 0.717) is 15.6 Å². The van der Waals surface area contributed by atoms with Gasteiger partial charge in [0, 0.05) is 11.6 Å². The molecular formula is C18H19Cl2NO3. The molecular weight excluding hydrogens is 349 g/mol. The minimum absolute atomic E-state index is 0.0869. The number of aryl methyl sites for hydroxylation is 1. The zero-order chi connectivity index (χ0) is 17.5. The lowest BCUT2D eigenvalue weighted by atomic mass is 10.1. The lowest BCUT2D eigenvalue weighted by molar-refractivity contribution is 0.0277. The first kappa shape index (κ1) is 18.7. The molecule has 0 saturated heterocycles. The number of nitrogens with one attached hydrogen (secondary N) is 1. The van der Waals surface area contributed by atoms with E-state index in [0.717, 1.165) is 11.1 Å². The Morgan fingerprint density at radius 1 is 1.21 bits per heavy atom. The summed E-state index contributed by atoms with van der Waals surface area (Å²) in [5.41, 5.74) is 2.37. The van der Waals surface area contributed by atoms with Crippen molar-refractivity contribution in [1.29, 1.82) is 0 Å². The largest absolute Gasteiger partial charge is 0.394 e. The van der Waals surface area contributed by atoms with Crippen LogP contribution in [0.25, 0.3) is 0 Å². The summed E-state index contributed by atoms with van der Waals surface area (Å²) in [5, 5.41) is 12.6. The van der Waals surface area contributed by atoms with Crippen molar-refractivity contribution >= 4 is 29.1 Å². The molecule has 128 valence electrons. The van der Waals surface area contributed by atoms with Crippen LogP contribution in [-0.4, -0.2) is 30.8 Å². The zero-order valence-corrected chi connectivity index (χ0v) is 14.8. The van der Waals surface area contributed by atoms with E-state index >= 15 is 0 Å². The van der Waals surface area contributed by atoms with Gasteiger partial charge in [-0.3, -0.25) is 4.79 Å². The van der Waals surface area contributed by atoms with Gasteiger partial charge in [-0.2, -0.15) is 0 Å². The average Bonchev–Trinajstić information content (AvgIpc) is 2.58. The normalized spacial score (nSPS) is 12.0. The van der Waals surface area contributed by atoms with Crippen molar-refractivity contribution in [3.63, 3.8) is 0 Å². The fourth-order valence-electron chi connectivity index (χ4n) is 2.20. The van der Waals surface area contributed by atoms with Crippen molar-refractivity contribution in [2.45, 2.75) is 13.0 Å². The van der Waals surface area contributed by atoms with Crippen LogP contribution in [0.1, 0.15) is 27.6 Å². The Morgan fingerprint density at radius 2 is 1.92 bits per heavy atom. The van der Waals surface area contributed by atoms with Crippen LogP contribution in [0.15, 0.2) is 42.5 Å². The molecule has 2 rings (SSSR count). The number of rotatable bonds is 7. The number of carbonyl (C=O) groups excluding carboxylic acids is 1. The van der Waals surface area contributed by atoms with Gasteiger partial charge in [-0.25, -0.2) is 0 Å². The molecule has 0 saturated carbocycles. The Bertz CT molecular complexity index is 689. The Balaban J connectivity index is 2.07. The Hall–Kier alpha value is -1.59. The van der Waals surface area contributed by atoms with Gasteiger partial charge in [0.15, 0.2) is 0 Å². The van der Waals surface area contributed by atoms with Gasteiger partial charge < -0.3 is 15.2 Å². The molecule has 0 heterocycles. The van der Waals surface area contributed by atoms with E-state index in [1.807, 2.05) is 31.2 Å². The molecule has 0 aliphatic heterocycles. The molecule has 2 N–H and O–H groups in total. The third-order valence-corrected chi connectivity index (χ3v) is 4.05. The lowest BCUT2D eigenvalue weighted by Crippen LogP contribution is -2.30. The number of carbonyl (C=O) groups is 1. The molecule has 0 fully saturated rings. The van der Waals surface area contributed by atoms with Crippen LogP contribution in [-0.2, 0) is 4.74 Å². The summed E-state index contributed by atoms with van der Waals surface area (Å²) in [5.74, 6) is -0.327. The minimum atomic E-state index is -0.361. The van der Waals surface area contributed by atoms with Crippen molar-refractivity contribution in [2.24, 2.45) is 0 Å². The molecule has 2 aromatic rings. The highest BCUT2D eigenvalue weighted by Gasteiger charge is 2.16. The number of aliphatic hydroxyl groups is 1. The lowest BCUT2D eigenvalue weighted by Gasteiger charge is -2.19. The van der Waals surface area contributed by atoms with Crippen LogP contribution in [0, 0.1) is 6.92 Å². The highest BCUT2D eigenvalue weighted by molar-refractivity contribution is 6.35. The second kappa shape index (κ2) is 9.04. The molecule has 0 spiro atoms. The molecule has 0 radical (unpaired) electrons. The summed E-state index contributed by atoms with van der Waals surface area (Å²) in [6.07, 6.45) is -0.361. The summed E-state index contributed by atoms with van der Waals surface area (Å²) >= 11 is 12.0. The number of benzene rings is 2. The maximum atomic E-state index is 12.3. The summed E-state index contributed by atoms with van der Waals surface area (Å²) in [4.78, 5) is 12.3. The maximum absolute atomic E-state index is 12.3. The van der Waals surface area contributed by atoms with Crippen LogP contribution in [0.5, 0.6) is 0 Å². The highest BCUT2D eigenvalue weighted by atomic mass is 35.5. The number of aliphatic hydroxyl groups excluding tert-OH is 1. The van der Waals surface area contributed by atoms with Crippen LogP contribution in [0.3, 0.4) is 0 Å². The predicted octanol–water partition coefficient (Wildman–Crippen LogP) is 3.78. The second-order valence-electron chi connectivity index (χ2n) is 5.33. The zero-order valence-electron chi connectivity index (χ0n) is 13.3. The van der Waals surface area contributed by atoms with Crippen LogP contribution < -0.4 is 5.32 Å². The second-order valence-corrected chi connectivity index (χ2v) is 6.17. The molecule has 4 nitrogen and oxygen atoms in total. The van der Waals surface area contributed by atoms with Crippen molar-refractivity contribution in [2.75, 3.05) is 19.8 Å². The van der Waals surface area contributed by atoms with Crippen molar-refractivity contribution in [3.05, 3.63) is 69.2 Å². The van der Waals surface area contributed by atoms with E-state index < -0.39 is 0 Å². The number of hydrogen-bond acceptors (Lipinski definition) is 3. The standard InChI is InChI=1S/C18H19Cl2NO3/c1-12-2-4-13(5-3-12)17(24-9-8-22)11-21-18(23)15-10-14(19)6-7-16(15)20/h2-7,10,17,22H,8-9,11H2,1H3,(H,21,23). The van der Waals surface area contributed by atoms with Crippen molar-refractivity contribution in [1.82, 2.24) is 5.32 Å². The van der Waals surface area contributed by atoms with E-state index in [2.05, 4.69) is 5.32 Å². The summed E-state index contributed by atoms with van der Waals surface area (Å²) in [6.45, 7) is 2.35. The number of halogens is 2. The van der Waals surface area contributed by atoms with Gasteiger partial charge in [0.1, 0.15) is 0 Å². The van der Waals surface area contributed by atoms with Gasteiger partial charge in [0.25, 0.3) is 5.91 Å². The maximum Gasteiger partial charge on any atom is 0.252 e. The number of hydrogen-bond donors (Lipinski definition) is 2. The molecule has 1 unspecified atom stereocenters. The predicted molar refractivity (Wildman–Crippen MR) is 95.8 cm³/mol. The van der Waals surface area contributed by atoms with Crippen molar-refractivity contribution in [3.8, 4) is 0 Å². The van der Waals surface area contributed by atoms with E-state index in [-0.39, 0.29) is 31.8 Å². The highest BCUT2D eigenvalue weighted by Crippen LogP contribution is 2.21. The first-order valence-electron chi connectivity index (χ1n) is 7.53.